The van der Waals surface area contributed by atoms with E-state index in [0.29, 0.717) is 12.6 Å². The molecule has 0 spiro atoms. The smallest absolute Gasteiger partial charge is 0.279 e. The molecule has 1 aliphatic heterocycles. The molecule has 1 aliphatic rings. The number of likely N-dealkylation sites (tertiary alicyclic amines) is 1. The molecule has 2 aromatic rings. The van der Waals surface area contributed by atoms with E-state index in [1.165, 1.54) is 28.1 Å². The summed E-state index contributed by atoms with van der Waals surface area (Å²) in [7, 11) is 2.08. The predicted molar refractivity (Wildman–Crippen MR) is 92.6 cm³/mol. The minimum absolute atomic E-state index is 0.103. The van der Waals surface area contributed by atoms with Gasteiger partial charge in [-0.05, 0) is 49.2 Å². The third kappa shape index (κ3) is 3.64. The first-order valence-electron chi connectivity index (χ1n) is 8.37. The molecule has 3 rings (SSSR count). The van der Waals surface area contributed by atoms with Crippen LogP contribution in [0.3, 0.4) is 0 Å². The summed E-state index contributed by atoms with van der Waals surface area (Å²) in [6.07, 6.45) is 4.42. The summed E-state index contributed by atoms with van der Waals surface area (Å²) in [5.74, 6) is 0.103. The van der Waals surface area contributed by atoms with E-state index in [2.05, 4.69) is 55.2 Å². The zero-order valence-electron chi connectivity index (χ0n) is 14.2. The summed E-state index contributed by atoms with van der Waals surface area (Å²) in [6, 6.07) is 10.9. The molecule has 2 atom stereocenters. The molecule has 2 N–H and O–H groups in total. The molecule has 1 aromatic carbocycles. The number of quaternary nitrogens is 1. The van der Waals surface area contributed by atoms with E-state index in [1.54, 1.807) is 0 Å². The van der Waals surface area contributed by atoms with Crippen LogP contribution in [0.2, 0.25) is 0 Å². The second-order valence-electron chi connectivity index (χ2n) is 6.75. The van der Waals surface area contributed by atoms with E-state index in [-0.39, 0.29) is 5.91 Å². The third-order valence-electron chi connectivity index (χ3n) is 4.72. The highest BCUT2D eigenvalue weighted by atomic mass is 16.2. The number of hydrogen-bond acceptors (Lipinski definition) is 1. The van der Waals surface area contributed by atoms with Gasteiger partial charge in [-0.2, -0.15) is 0 Å². The predicted octanol–water partition coefficient (Wildman–Crippen LogP) is 2.00. The number of aromatic nitrogens is 1. The van der Waals surface area contributed by atoms with Crippen molar-refractivity contribution in [2.45, 2.75) is 32.7 Å². The van der Waals surface area contributed by atoms with Gasteiger partial charge in [-0.1, -0.05) is 6.07 Å². The van der Waals surface area contributed by atoms with Crippen LogP contribution in [0, 0.1) is 13.8 Å². The molecule has 1 fully saturated rings. The highest BCUT2D eigenvalue weighted by Crippen LogP contribution is 2.19. The number of nitrogens with zero attached hydrogens (tertiary/aromatic N) is 1. The number of rotatable bonds is 4. The van der Waals surface area contributed by atoms with Gasteiger partial charge in [0.25, 0.3) is 5.91 Å². The average molecular weight is 312 g/mol. The summed E-state index contributed by atoms with van der Waals surface area (Å²) < 4.78 is 2.18. The largest absolute Gasteiger partial charge is 0.350 e. The second-order valence-corrected chi connectivity index (χ2v) is 6.75. The maximum absolute atomic E-state index is 12.5. The number of carbonyl (C=O) groups excluding carboxylic acids is 1. The lowest BCUT2D eigenvalue weighted by Crippen LogP contribution is -3.11. The summed E-state index contributed by atoms with van der Waals surface area (Å²) >= 11 is 0. The number of amides is 1. The Hall–Kier alpha value is -2.07. The van der Waals surface area contributed by atoms with Crippen molar-refractivity contribution >= 4 is 11.6 Å². The van der Waals surface area contributed by atoms with Crippen LogP contribution in [0.5, 0.6) is 0 Å². The SMILES string of the molecule is Cc1cc(C)cc(NC(=O)C[NH+]2CCC[C@@H]2c2cccn2C)c1. The minimum Gasteiger partial charge on any atom is -0.350 e. The fraction of sp³-hybridized carbons (Fsp3) is 0.421. The molecule has 2 heterocycles. The van der Waals surface area contributed by atoms with Crippen LogP contribution in [-0.2, 0) is 11.8 Å². The normalized spacial score (nSPS) is 20.7. The molecule has 1 aromatic heterocycles. The van der Waals surface area contributed by atoms with Crippen molar-refractivity contribution in [3.8, 4) is 0 Å². The van der Waals surface area contributed by atoms with Gasteiger partial charge in [-0.25, -0.2) is 0 Å². The van der Waals surface area contributed by atoms with Gasteiger partial charge < -0.3 is 14.8 Å². The molecule has 1 saturated heterocycles. The van der Waals surface area contributed by atoms with Crippen molar-refractivity contribution in [3.05, 3.63) is 53.3 Å². The highest BCUT2D eigenvalue weighted by molar-refractivity contribution is 5.91. The third-order valence-corrected chi connectivity index (χ3v) is 4.72. The van der Waals surface area contributed by atoms with E-state index < -0.39 is 0 Å². The lowest BCUT2D eigenvalue weighted by atomic mass is 10.1. The zero-order valence-corrected chi connectivity index (χ0v) is 14.2. The molecule has 1 unspecified atom stereocenters. The summed E-state index contributed by atoms with van der Waals surface area (Å²) in [6.45, 7) is 5.71. The van der Waals surface area contributed by atoms with Crippen molar-refractivity contribution < 1.29 is 9.69 Å². The number of benzene rings is 1. The fourth-order valence-corrected chi connectivity index (χ4v) is 3.77. The van der Waals surface area contributed by atoms with Crippen molar-refractivity contribution in [1.82, 2.24) is 4.57 Å². The Morgan fingerprint density at radius 1 is 1.30 bits per heavy atom. The van der Waals surface area contributed by atoms with Gasteiger partial charge in [0, 0.05) is 31.8 Å². The number of nitrogens with one attached hydrogen (secondary N) is 2. The Labute approximate surface area is 138 Å². The summed E-state index contributed by atoms with van der Waals surface area (Å²) in [5, 5.41) is 3.06. The first kappa shape index (κ1) is 15.8. The Morgan fingerprint density at radius 3 is 2.70 bits per heavy atom. The first-order chi connectivity index (χ1) is 11.0. The van der Waals surface area contributed by atoms with Gasteiger partial charge in [0.1, 0.15) is 6.04 Å². The molecule has 122 valence electrons. The van der Waals surface area contributed by atoms with Crippen LogP contribution < -0.4 is 10.2 Å². The van der Waals surface area contributed by atoms with Crippen LogP contribution in [0.1, 0.15) is 35.7 Å². The Bertz CT molecular complexity index is 684. The van der Waals surface area contributed by atoms with Gasteiger partial charge in [0.15, 0.2) is 6.54 Å². The van der Waals surface area contributed by atoms with Crippen molar-refractivity contribution in [2.75, 3.05) is 18.4 Å². The quantitative estimate of drug-likeness (QED) is 0.890. The lowest BCUT2D eigenvalue weighted by Gasteiger charge is -2.21. The molecular formula is C19H26N3O+. The number of hydrogen-bond donors (Lipinski definition) is 2. The van der Waals surface area contributed by atoms with Crippen LogP contribution in [0.15, 0.2) is 36.5 Å². The second kappa shape index (κ2) is 6.59. The zero-order chi connectivity index (χ0) is 16.4. The van der Waals surface area contributed by atoms with Gasteiger partial charge in [0.2, 0.25) is 0 Å². The van der Waals surface area contributed by atoms with E-state index >= 15 is 0 Å². The number of aryl methyl sites for hydroxylation is 3. The first-order valence-corrected chi connectivity index (χ1v) is 8.37. The molecule has 0 bridgehead atoms. The fourth-order valence-electron chi connectivity index (χ4n) is 3.77. The van der Waals surface area contributed by atoms with Crippen molar-refractivity contribution in [3.63, 3.8) is 0 Å². The Kier molecular flexibility index (Phi) is 4.53. The maximum Gasteiger partial charge on any atom is 0.279 e. The van der Waals surface area contributed by atoms with Gasteiger partial charge in [-0.15, -0.1) is 0 Å². The number of anilines is 1. The van der Waals surface area contributed by atoms with Crippen LogP contribution in [0.4, 0.5) is 5.69 Å². The van der Waals surface area contributed by atoms with Crippen LogP contribution in [-0.4, -0.2) is 23.6 Å². The maximum atomic E-state index is 12.5. The van der Waals surface area contributed by atoms with Gasteiger partial charge in [0.05, 0.1) is 12.2 Å². The molecule has 0 saturated carbocycles. The van der Waals surface area contributed by atoms with E-state index in [9.17, 15) is 4.79 Å². The Balaban J connectivity index is 1.66. The average Bonchev–Trinajstić information content (AvgIpc) is 3.06. The van der Waals surface area contributed by atoms with Crippen molar-refractivity contribution in [1.29, 1.82) is 0 Å². The van der Waals surface area contributed by atoms with E-state index in [1.807, 2.05) is 12.1 Å². The van der Waals surface area contributed by atoms with Crippen LogP contribution >= 0.6 is 0 Å². The molecule has 0 radical (unpaired) electrons. The topological polar surface area (TPSA) is 38.5 Å². The van der Waals surface area contributed by atoms with Gasteiger partial charge in [-0.3, -0.25) is 4.79 Å². The van der Waals surface area contributed by atoms with Crippen LogP contribution in [0.25, 0.3) is 0 Å². The molecule has 23 heavy (non-hydrogen) atoms. The minimum atomic E-state index is 0.103. The van der Waals surface area contributed by atoms with E-state index in [4.69, 9.17) is 0 Å². The molecule has 4 heteroatoms. The van der Waals surface area contributed by atoms with Gasteiger partial charge >= 0.3 is 0 Å². The summed E-state index contributed by atoms with van der Waals surface area (Å²) in [4.78, 5) is 13.8. The highest BCUT2D eigenvalue weighted by Gasteiger charge is 2.32. The number of carbonyl (C=O) groups is 1. The molecule has 4 nitrogen and oxygen atoms in total. The monoisotopic (exact) mass is 312 g/mol. The Morgan fingerprint density at radius 2 is 2.04 bits per heavy atom. The summed E-state index contributed by atoms with van der Waals surface area (Å²) in [5.41, 5.74) is 4.59. The lowest BCUT2D eigenvalue weighted by molar-refractivity contribution is -0.910. The molecule has 0 aliphatic carbocycles. The molecular weight excluding hydrogens is 286 g/mol. The standard InChI is InChI=1S/C19H25N3O/c1-14-10-15(2)12-16(11-14)20-19(23)13-22-9-5-7-18(22)17-6-4-8-21(17)3/h4,6,8,10-12,18H,5,7,9,13H2,1-3H3,(H,20,23)/p+1/t18-/m1/s1. The van der Waals surface area contributed by atoms with Crippen molar-refractivity contribution in [2.24, 2.45) is 7.05 Å². The van der Waals surface area contributed by atoms with E-state index in [0.717, 1.165) is 18.7 Å². The molecule has 1 amide bonds.